The van der Waals surface area contributed by atoms with Gasteiger partial charge in [-0.25, -0.2) is 9.97 Å². The molecule has 15 heavy (non-hydrogen) atoms. The number of hydrogen-bond donors (Lipinski definition) is 0. The van der Waals surface area contributed by atoms with Gasteiger partial charge in [-0.3, -0.25) is 4.79 Å². The van der Waals surface area contributed by atoms with Crippen LogP contribution >= 0.6 is 27.3 Å². The molecule has 2 aromatic heterocycles. The largest absolute Gasteiger partial charge is 0.293 e. The lowest BCUT2D eigenvalue weighted by atomic mass is 10.2. The van der Waals surface area contributed by atoms with Crippen LogP contribution in [0.2, 0.25) is 0 Å². The van der Waals surface area contributed by atoms with Crippen LogP contribution in [-0.4, -0.2) is 15.8 Å². The molecule has 0 spiro atoms. The van der Waals surface area contributed by atoms with Crippen LogP contribution in [0, 0.1) is 0 Å². The third-order valence-corrected chi connectivity index (χ3v) is 3.56. The standard InChI is InChI=1S/C10H7BrN2OS/c11-7-3-10(15-5-7)9(14)4-8-1-2-12-6-13-8/h1-3,5-6H,4H2. The molecule has 0 saturated heterocycles. The van der Waals surface area contributed by atoms with Gasteiger partial charge in [-0.1, -0.05) is 0 Å². The van der Waals surface area contributed by atoms with Gasteiger partial charge in [0.1, 0.15) is 6.33 Å². The first-order valence-electron chi connectivity index (χ1n) is 4.28. The van der Waals surface area contributed by atoms with Gasteiger partial charge in [0, 0.05) is 16.0 Å². The molecule has 0 aliphatic rings. The summed E-state index contributed by atoms with van der Waals surface area (Å²) in [5.41, 5.74) is 0.750. The number of carbonyl (C=O) groups is 1. The molecule has 2 rings (SSSR count). The Morgan fingerprint density at radius 1 is 1.53 bits per heavy atom. The summed E-state index contributed by atoms with van der Waals surface area (Å²) in [6.45, 7) is 0. The molecule has 0 N–H and O–H groups in total. The van der Waals surface area contributed by atoms with E-state index in [0.29, 0.717) is 6.42 Å². The van der Waals surface area contributed by atoms with Crippen molar-refractivity contribution < 1.29 is 4.79 Å². The predicted octanol–water partition coefficient (Wildman–Crippen LogP) is 2.73. The van der Waals surface area contributed by atoms with Crippen molar-refractivity contribution in [3.63, 3.8) is 0 Å². The van der Waals surface area contributed by atoms with E-state index in [1.165, 1.54) is 17.7 Å². The lowest BCUT2D eigenvalue weighted by Crippen LogP contribution is -2.02. The highest BCUT2D eigenvalue weighted by Crippen LogP contribution is 2.20. The Labute approximate surface area is 99.3 Å². The Kier molecular flexibility index (Phi) is 3.23. The third-order valence-electron chi connectivity index (χ3n) is 1.83. The van der Waals surface area contributed by atoms with Crippen LogP contribution in [0.4, 0.5) is 0 Å². The molecule has 0 aromatic carbocycles. The van der Waals surface area contributed by atoms with Crippen LogP contribution in [0.5, 0.6) is 0 Å². The molecule has 5 heteroatoms. The maximum Gasteiger partial charge on any atom is 0.178 e. The van der Waals surface area contributed by atoms with Gasteiger partial charge in [-0.2, -0.15) is 0 Å². The molecule has 0 radical (unpaired) electrons. The maximum atomic E-state index is 11.8. The quantitative estimate of drug-likeness (QED) is 0.813. The summed E-state index contributed by atoms with van der Waals surface area (Å²) in [5, 5.41) is 1.90. The average Bonchev–Trinajstić information content (AvgIpc) is 2.66. The van der Waals surface area contributed by atoms with Crippen LogP contribution in [-0.2, 0) is 6.42 Å². The summed E-state index contributed by atoms with van der Waals surface area (Å²) in [5.74, 6) is 0.0874. The number of Topliss-reactive ketones (excluding diaryl/α,β-unsaturated/α-hetero) is 1. The summed E-state index contributed by atoms with van der Waals surface area (Å²) >= 11 is 4.76. The SMILES string of the molecule is O=C(Cc1ccncn1)c1cc(Br)cs1. The molecule has 3 nitrogen and oxygen atoms in total. The Morgan fingerprint density at radius 3 is 3.00 bits per heavy atom. The van der Waals surface area contributed by atoms with Gasteiger partial charge < -0.3 is 0 Å². The Bertz CT molecular complexity index is 469. The topological polar surface area (TPSA) is 42.9 Å². The first-order chi connectivity index (χ1) is 7.25. The van der Waals surface area contributed by atoms with E-state index in [4.69, 9.17) is 0 Å². The molecule has 0 unspecified atom stereocenters. The van der Waals surface area contributed by atoms with Gasteiger partial charge in [-0.05, 0) is 28.1 Å². The molecular formula is C10H7BrN2OS. The van der Waals surface area contributed by atoms with Crippen LogP contribution in [0.1, 0.15) is 15.4 Å². The van der Waals surface area contributed by atoms with E-state index in [-0.39, 0.29) is 5.78 Å². The summed E-state index contributed by atoms with van der Waals surface area (Å²) in [6, 6.07) is 3.58. The number of nitrogens with zero attached hydrogens (tertiary/aromatic N) is 2. The number of aromatic nitrogens is 2. The predicted molar refractivity (Wildman–Crippen MR) is 62.1 cm³/mol. The minimum Gasteiger partial charge on any atom is -0.293 e. The highest BCUT2D eigenvalue weighted by molar-refractivity contribution is 9.10. The van der Waals surface area contributed by atoms with E-state index in [1.54, 1.807) is 12.3 Å². The van der Waals surface area contributed by atoms with Crippen LogP contribution < -0.4 is 0 Å². The smallest absolute Gasteiger partial charge is 0.178 e. The number of halogens is 1. The van der Waals surface area contributed by atoms with Gasteiger partial charge in [0.25, 0.3) is 0 Å². The van der Waals surface area contributed by atoms with E-state index < -0.39 is 0 Å². The van der Waals surface area contributed by atoms with Crippen LogP contribution in [0.25, 0.3) is 0 Å². The second-order valence-electron chi connectivity index (χ2n) is 2.93. The molecule has 0 amide bonds. The van der Waals surface area contributed by atoms with Crippen molar-refractivity contribution in [3.8, 4) is 0 Å². The molecule has 0 bridgehead atoms. The Hall–Kier alpha value is -1.07. The van der Waals surface area contributed by atoms with Crippen molar-refractivity contribution in [3.05, 3.63) is 45.1 Å². The fraction of sp³-hybridized carbons (Fsp3) is 0.100. The van der Waals surface area contributed by atoms with Gasteiger partial charge >= 0.3 is 0 Å². The Morgan fingerprint density at radius 2 is 2.40 bits per heavy atom. The first-order valence-corrected chi connectivity index (χ1v) is 5.95. The van der Waals surface area contributed by atoms with Crippen molar-refractivity contribution in [1.29, 1.82) is 0 Å². The zero-order valence-corrected chi connectivity index (χ0v) is 10.1. The average molecular weight is 283 g/mol. The second kappa shape index (κ2) is 4.63. The van der Waals surface area contributed by atoms with Gasteiger partial charge in [-0.15, -0.1) is 11.3 Å². The molecular weight excluding hydrogens is 276 g/mol. The number of thiophene rings is 1. The van der Waals surface area contributed by atoms with Crippen molar-refractivity contribution >= 4 is 33.0 Å². The lowest BCUT2D eigenvalue weighted by Gasteiger charge is -1.96. The summed E-state index contributed by atoms with van der Waals surface area (Å²) in [7, 11) is 0. The highest BCUT2D eigenvalue weighted by atomic mass is 79.9. The monoisotopic (exact) mass is 282 g/mol. The van der Waals surface area contributed by atoms with Gasteiger partial charge in [0.05, 0.1) is 17.0 Å². The van der Waals surface area contributed by atoms with E-state index in [0.717, 1.165) is 15.0 Å². The van der Waals surface area contributed by atoms with Gasteiger partial charge in [0.15, 0.2) is 5.78 Å². The zero-order valence-electron chi connectivity index (χ0n) is 7.68. The van der Waals surface area contributed by atoms with Gasteiger partial charge in [0.2, 0.25) is 0 Å². The number of rotatable bonds is 3. The lowest BCUT2D eigenvalue weighted by molar-refractivity contribution is 0.0996. The number of hydrogen-bond acceptors (Lipinski definition) is 4. The van der Waals surface area contributed by atoms with Crippen molar-refractivity contribution in [2.75, 3.05) is 0 Å². The van der Waals surface area contributed by atoms with Crippen molar-refractivity contribution in [2.45, 2.75) is 6.42 Å². The molecule has 76 valence electrons. The number of carbonyl (C=O) groups excluding carboxylic acids is 1. The van der Waals surface area contributed by atoms with Crippen LogP contribution in [0.3, 0.4) is 0 Å². The fourth-order valence-electron chi connectivity index (χ4n) is 1.13. The molecule has 0 saturated carbocycles. The zero-order chi connectivity index (χ0) is 10.7. The summed E-state index contributed by atoms with van der Waals surface area (Å²) in [4.78, 5) is 20.3. The molecule has 0 aliphatic carbocycles. The molecule has 0 atom stereocenters. The minimum atomic E-state index is 0.0874. The molecule has 0 fully saturated rings. The molecule has 0 aliphatic heterocycles. The van der Waals surface area contributed by atoms with E-state index in [9.17, 15) is 4.79 Å². The fourth-order valence-corrected chi connectivity index (χ4v) is 2.50. The van der Waals surface area contributed by atoms with Crippen molar-refractivity contribution in [2.24, 2.45) is 0 Å². The van der Waals surface area contributed by atoms with E-state index >= 15 is 0 Å². The molecule has 2 aromatic rings. The minimum absolute atomic E-state index is 0.0874. The van der Waals surface area contributed by atoms with E-state index in [1.807, 2.05) is 11.4 Å². The van der Waals surface area contributed by atoms with E-state index in [2.05, 4.69) is 25.9 Å². The third kappa shape index (κ3) is 2.70. The summed E-state index contributed by atoms with van der Waals surface area (Å²) in [6.07, 6.45) is 3.42. The molecule has 2 heterocycles. The first kappa shape index (κ1) is 10.4. The normalized spacial score (nSPS) is 10.2. The summed E-state index contributed by atoms with van der Waals surface area (Å²) < 4.78 is 0.943. The highest BCUT2D eigenvalue weighted by Gasteiger charge is 2.09. The number of ketones is 1. The van der Waals surface area contributed by atoms with Crippen molar-refractivity contribution in [1.82, 2.24) is 9.97 Å². The Balaban J connectivity index is 2.11. The second-order valence-corrected chi connectivity index (χ2v) is 4.76. The van der Waals surface area contributed by atoms with Crippen LogP contribution in [0.15, 0.2) is 34.5 Å². The maximum absolute atomic E-state index is 11.8.